The lowest BCUT2D eigenvalue weighted by Gasteiger charge is -2.27. The van der Waals surface area contributed by atoms with Crippen molar-refractivity contribution in [2.24, 2.45) is 0 Å². The second-order valence-corrected chi connectivity index (χ2v) is 5.02. The molecule has 0 bridgehead atoms. The summed E-state index contributed by atoms with van der Waals surface area (Å²) in [6, 6.07) is 9.59. The molecule has 1 heterocycles. The molecule has 20 heavy (non-hydrogen) atoms. The summed E-state index contributed by atoms with van der Waals surface area (Å²) >= 11 is 0. The third-order valence-corrected chi connectivity index (χ3v) is 3.60. The van der Waals surface area contributed by atoms with Crippen molar-refractivity contribution in [2.75, 3.05) is 13.7 Å². The van der Waals surface area contributed by atoms with E-state index in [2.05, 4.69) is 5.48 Å². The number of nitrogens with zero attached hydrogens (tertiary/aromatic N) is 1. The maximum atomic E-state index is 12.0. The lowest BCUT2D eigenvalue weighted by molar-refractivity contribution is -0.187. The Morgan fingerprint density at radius 2 is 2.15 bits per heavy atom. The number of hydroxylamine groups is 1. The minimum atomic E-state index is -0.326. The molecule has 0 radical (unpaired) electrons. The number of carbonyl (C=O) groups is 1. The van der Waals surface area contributed by atoms with Crippen LogP contribution in [0, 0.1) is 0 Å². The molecule has 1 saturated heterocycles. The summed E-state index contributed by atoms with van der Waals surface area (Å²) in [7, 11) is 1.75. The van der Waals surface area contributed by atoms with E-state index in [-0.39, 0.29) is 18.4 Å². The minimum absolute atomic E-state index is 0.0212. The highest BCUT2D eigenvalue weighted by atomic mass is 16.8. The zero-order valence-electron chi connectivity index (χ0n) is 12.0. The second kappa shape index (κ2) is 7.26. The molecule has 2 unspecified atom stereocenters. The van der Waals surface area contributed by atoms with Crippen molar-refractivity contribution in [3.05, 3.63) is 35.9 Å². The zero-order chi connectivity index (χ0) is 14.4. The molecular weight excluding hydrogens is 256 g/mol. The quantitative estimate of drug-likeness (QED) is 0.862. The fourth-order valence-corrected chi connectivity index (χ4v) is 2.12. The number of hydrogen-bond donors (Lipinski definition) is 1. The Morgan fingerprint density at radius 3 is 2.80 bits per heavy atom. The van der Waals surface area contributed by atoms with Gasteiger partial charge in [-0.3, -0.25) is 0 Å². The van der Waals surface area contributed by atoms with Gasteiger partial charge in [-0.25, -0.2) is 15.1 Å². The van der Waals surface area contributed by atoms with E-state index in [0.717, 1.165) is 24.8 Å². The van der Waals surface area contributed by atoms with E-state index in [4.69, 9.17) is 9.57 Å². The van der Waals surface area contributed by atoms with E-state index in [1.807, 2.05) is 37.3 Å². The van der Waals surface area contributed by atoms with Gasteiger partial charge >= 0.3 is 6.03 Å². The second-order valence-electron chi connectivity index (χ2n) is 5.02. The first kappa shape index (κ1) is 14.8. The first-order chi connectivity index (χ1) is 9.68. The first-order valence-electron chi connectivity index (χ1n) is 7.03. The SMILES string of the molecule is CC(c1ccccc1)N(C)C(=O)NOC1CCCCO1. The van der Waals surface area contributed by atoms with Crippen LogP contribution in [0.2, 0.25) is 0 Å². The smallest absolute Gasteiger partial charge is 0.341 e. The topological polar surface area (TPSA) is 50.8 Å². The highest BCUT2D eigenvalue weighted by Crippen LogP contribution is 2.18. The summed E-state index contributed by atoms with van der Waals surface area (Å²) in [4.78, 5) is 18.9. The number of amides is 2. The highest BCUT2D eigenvalue weighted by molar-refractivity contribution is 5.73. The van der Waals surface area contributed by atoms with Gasteiger partial charge in [-0.2, -0.15) is 0 Å². The van der Waals surface area contributed by atoms with E-state index >= 15 is 0 Å². The lowest BCUT2D eigenvalue weighted by atomic mass is 10.1. The summed E-state index contributed by atoms with van der Waals surface area (Å²) in [6.07, 6.45) is 2.61. The molecule has 110 valence electrons. The van der Waals surface area contributed by atoms with Crippen molar-refractivity contribution in [3.63, 3.8) is 0 Å². The molecule has 0 spiro atoms. The molecule has 1 fully saturated rings. The van der Waals surface area contributed by atoms with Crippen LogP contribution in [-0.2, 0) is 9.57 Å². The predicted octanol–water partition coefficient (Wildman–Crippen LogP) is 2.85. The predicted molar refractivity (Wildman–Crippen MR) is 75.8 cm³/mol. The van der Waals surface area contributed by atoms with Crippen molar-refractivity contribution in [3.8, 4) is 0 Å². The monoisotopic (exact) mass is 278 g/mol. The van der Waals surface area contributed by atoms with E-state index in [1.165, 1.54) is 0 Å². The van der Waals surface area contributed by atoms with Gasteiger partial charge in [0.1, 0.15) is 0 Å². The molecule has 2 rings (SSSR count). The number of urea groups is 1. The van der Waals surface area contributed by atoms with E-state index < -0.39 is 0 Å². The molecule has 1 aliphatic heterocycles. The summed E-state index contributed by atoms with van der Waals surface area (Å²) in [5, 5.41) is 0. The van der Waals surface area contributed by atoms with Gasteiger partial charge < -0.3 is 9.64 Å². The molecule has 5 nitrogen and oxygen atoms in total. The van der Waals surface area contributed by atoms with Crippen molar-refractivity contribution < 1.29 is 14.4 Å². The number of ether oxygens (including phenoxy) is 1. The minimum Gasteiger partial charge on any atom is -0.350 e. The summed E-state index contributed by atoms with van der Waals surface area (Å²) in [6.45, 7) is 2.67. The Balaban J connectivity index is 1.82. The van der Waals surface area contributed by atoms with Crippen molar-refractivity contribution >= 4 is 6.03 Å². The van der Waals surface area contributed by atoms with Crippen molar-refractivity contribution in [2.45, 2.75) is 38.5 Å². The maximum Gasteiger partial charge on any atom is 0.341 e. The fourth-order valence-electron chi connectivity index (χ4n) is 2.12. The molecular formula is C15H22N2O3. The molecule has 0 saturated carbocycles. The van der Waals surface area contributed by atoms with Gasteiger partial charge in [0.05, 0.1) is 6.04 Å². The third kappa shape index (κ3) is 3.95. The van der Waals surface area contributed by atoms with Crippen LogP contribution in [0.25, 0.3) is 0 Å². The molecule has 1 aliphatic rings. The number of carbonyl (C=O) groups excluding carboxylic acids is 1. The summed E-state index contributed by atoms with van der Waals surface area (Å²) in [5.41, 5.74) is 3.55. The molecule has 2 atom stereocenters. The van der Waals surface area contributed by atoms with Crippen LogP contribution in [0.15, 0.2) is 30.3 Å². The van der Waals surface area contributed by atoms with Gasteiger partial charge in [0.2, 0.25) is 0 Å². The molecule has 1 N–H and O–H groups in total. The molecule has 1 aromatic rings. The Kier molecular flexibility index (Phi) is 5.38. The van der Waals surface area contributed by atoms with E-state index in [0.29, 0.717) is 6.61 Å². The molecule has 5 heteroatoms. The fraction of sp³-hybridized carbons (Fsp3) is 0.533. The molecule has 0 aromatic heterocycles. The average Bonchev–Trinajstić information content (AvgIpc) is 2.53. The Hall–Kier alpha value is -1.59. The average molecular weight is 278 g/mol. The summed E-state index contributed by atoms with van der Waals surface area (Å²) < 4.78 is 5.40. The highest BCUT2D eigenvalue weighted by Gasteiger charge is 2.20. The number of hydrogen-bond acceptors (Lipinski definition) is 3. The van der Waals surface area contributed by atoms with Crippen molar-refractivity contribution in [1.82, 2.24) is 10.4 Å². The van der Waals surface area contributed by atoms with Crippen LogP contribution >= 0.6 is 0 Å². The van der Waals surface area contributed by atoms with Gasteiger partial charge in [-0.05, 0) is 25.3 Å². The Bertz CT molecular complexity index is 418. The van der Waals surface area contributed by atoms with Gasteiger partial charge in [0, 0.05) is 20.1 Å². The van der Waals surface area contributed by atoms with Crippen LogP contribution in [0.1, 0.15) is 37.8 Å². The van der Waals surface area contributed by atoms with Crippen LogP contribution < -0.4 is 5.48 Å². The Labute approximate surface area is 119 Å². The van der Waals surface area contributed by atoms with Crippen LogP contribution in [-0.4, -0.2) is 30.9 Å². The number of benzene rings is 1. The number of rotatable bonds is 4. The van der Waals surface area contributed by atoms with Gasteiger partial charge in [0.25, 0.3) is 0 Å². The Morgan fingerprint density at radius 1 is 1.40 bits per heavy atom. The van der Waals surface area contributed by atoms with E-state index in [1.54, 1.807) is 11.9 Å². The third-order valence-electron chi connectivity index (χ3n) is 3.60. The number of nitrogens with one attached hydrogen (secondary N) is 1. The zero-order valence-corrected chi connectivity index (χ0v) is 12.0. The van der Waals surface area contributed by atoms with Gasteiger partial charge in [-0.15, -0.1) is 0 Å². The first-order valence-corrected chi connectivity index (χ1v) is 7.03. The maximum absolute atomic E-state index is 12.0. The molecule has 2 amide bonds. The van der Waals surface area contributed by atoms with Gasteiger partial charge in [0.15, 0.2) is 6.29 Å². The lowest BCUT2D eigenvalue weighted by Crippen LogP contribution is -2.41. The van der Waals surface area contributed by atoms with Gasteiger partial charge in [-0.1, -0.05) is 30.3 Å². The van der Waals surface area contributed by atoms with Crippen LogP contribution in [0.4, 0.5) is 4.79 Å². The van der Waals surface area contributed by atoms with Crippen molar-refractivity contribution in [1.29, 1.82) is 0 Å². The normalized spacial score (nSPS) is 20.2. The summed E-state index contributed by atoms with van der Waals surface area (Å²) in [5.74, 6) is 0. The molecule has 1 aromatic carbocycles. The largest absolute Gasteiger partial charge is 0.350 e. The van der Waals surface area contributed by atoms with Crippen LogP contribution in [0.3, 0.4) is 0 Å². The molecule has 0 aliphatic carbocycles. The van der Waals surface area contributed by atoms with E-state index in [9.17, 15) is 4.79 Å². The standard InChI is InChI=1S/C15H22N2O3/c1-12(13-8-4-3-5-9-13)17(2)15(18)16-20-14-10-6-7-11-19-14/h3-5,8-9,12,14H,6-7,10-11H2,1-2H3,(H,16,18). The van der Waals surface area contributed by atoms with Crippen LogP contribution in [0.5, 0.6) is 0 Å².